The number of hydrogen-bond acceptors (Lipinski definition) is 6. The predicted octanol–water partition coefficient (Wildman–Crippen LogP) is 4.47. The SMILES string of the molecule is CO.Cc1ccc(NSC2C=CC(N3CCS3=O)=CC2)cc1-c1ccc2cnccc2n1. The Morgan fingerprint density at radius 2 is 2.09 bits per heavy atom. The van der Waals surface area contributed by atoms with E-state index in [-0.39, 0.29) is 0 Å². The quantitative estimate of drug-likeness (QED) is 0.541. The molecular formula is C24H26N4O2S2. The summed E-state index contributed by atoms with van der Waals surface area (Å²) in [7, 11) is 0.178. The Labute approximate surface area is 195 Å². The standard InChI is InChI=1S/C23H22N4OS2.CH4O/c1-16-2-4-18(14-21(16)23-9-3-17-15-24-11-10-22(17)25-23)26-29-20-7-5-19(6-8-20)27-12-13-30(27)28;1-2/h2-7,9-11,14-15,20,26H,8,12-13H2,1H3;2H,1H3. The third kappa shape index (κ3) is 4.87. The van der Waals surface area contributed by atoms with Crippen molar-refractivity contribution in [2.45, 2.75) is 18.6 Å². The predicted molar refractivity (Wildman–Crippen MR) is 134 cm³/mol. The van der Waals surface area contributed by atoms with Crippen molar-refractivity contribution < 1.29 is 9.32 Å². The van der Waals surface area contributed by atoms with Crippen LogP contribution in [-0.2, 0) is 11.0 Å². The van der Waals surface area contributed by atoms with Gasteiger partial charge in [-0.05, 0) is 67.3 Å². The molecule has 32 heavy (non-hydrogen) atoms. The van der Waals surface area contributed by atoms with Gasteiger partial charge in [0.2, 0.25) is 0 Å². The van der Waals surface area contributed by atoms with Crippen molar-refractivity contribution in [2.75, 3.05) is 24.1 Å². The van der Waals surface area contributed by atoms with Gasteiger partial charge in [-0.15, -0.1) is 0 Å². The number of anilines is 1. The lowest BCUT2D eigenvalue weighted by molar-refractivity contribution is 0.399. The average Bonchev–Trinajstić information content (AvgIpc) is 2.84. The van der Waals surface area contributed by atoms with Gasteiger partial charge in [-0.3, -0.25) is 9.29 Å². The van der Waals surface area contributed by atoms with Crippen LogP contribution in [0, 0.1) is 6.92 Å². The van der Waals surface area contributed by atoms with E-state index >= 15 is 0 Å². The van der Waals surface area contributed by atoms with E-state index in [9.17, 15) is 4.21 Å². The number of aliphatic hydroxyl groups is 1. The van der Waals surface area contributed by atoms with Crippen molar-refractivity contribution in [1.29, 1.82) is 0 Å². The lowest BCUT2D eigenvalue weighted by Gasteiger charge is -2.33. The topological polar surface area (TPSA) is 78.4 Å². The highest BCUT2D eigenvalue weighted by Gasteiger charge is 2.25. The van der Waals surface area contributed by atoms with Crippen LogP contribution in [0.5, 0.6) is 0 Å². The summed E-state index contributed by atoms with van der Waals surface area (Å²) in [5.74, 6) is 0.781. The molecule has 2 aromatic heterocycles. The number of hydrogen-bond donors (Lipinski definition) is 2. The number of benzene rings is 1. The largest absolute Gasteiger partial charge is 0.400 e. The second-order valence-corrected chi connectivity index (χ2v) is 9.94. The van der Waals surface area contributed by atoms with Crippen molar-refractivity contribution in [2.24, 2.45) is 0 Å². The van der Waals surface area contributed by atoms with E-state index in [0.29, 0.717) is 5.25 Å². The van der Waals surface area contributed by atoms with E-state index in [1.54, 1.807) is 18.1 Å². The number of pyridine rings is 2. The third-order valence-electron chi connectivity index (χ3n) is 5.37. The first-order valence-electron chi connectivity index (χ1n) is 10.4. The first-order chi connectivity index (χ1) is 15.7. The minimum Gasteiger partial charge on any atom is -0.400 e. The molecule has 166 valence electrons. The summed E-state index contributed by atoms with van der Waals surface area (Å²) in [6.45, 7) is 3.00. The van der Waals surface area contributed by atoms with Crippen LogP contribution < -0.4 is 4.72 Å². The zero-order chi connectivity index (χ0) is 22.5. The fourth-order valence-corrected chi connectivity index (χ4v) is 5.23. The molecule has 5 rings (SSSR count). The van der Waals surface area contributed by atoms with Crippen molar-refractivity contribution in [3.63, 3.8) is 0 Å². The van der Waals surface area contributed by atoms with Crippen LogP contribution >= 0.6 is 11.9 Å². The first kappa shape index (κ1) is 22.5. The molecular weight excluding hydrogens is 440 g/mol. The van der Waals surface area contributed by atoms with E-state index in [1.165, 1.54) is 5.56 Å². The van der Waals surface area contributed by atoms with E-state index in [0.717, 1.165) is 59.4 Å². The molecule has 2 atom stereocenters. The van der Waals surface area contributed by atoms with Crippen LogP contribution in [0.1, 0.15) is 12.0 Å². The lowest BCUT2D eigenvalue weighted by Crippen LogP contribution is -2.41. The molecule has 1 aliphatic heterocycles. The summed E-state index contributed by atoms with van der Waals surface area (Å²) in [5, 5.41) is 8.39. The van der Waals surface area contributed by atoms with Crippen molar-refractivity contribution >= 4 is 39.5 Å². The zero-order valence-corrected chi connectivity index (χ0v) is 19.7. The van der Waals surface area contributed by atoms with Crippen molar-refractivity contribution in [3.8, 4) is 11.3 Å². The third-order valence-corrected chi connectivity index (χ3v) is 7.80. The number of fused-ring (bicyclic) bond motifs is 1. The Bertz CT molecular complexity index is 1200. The molecule has 0 bridgehead atoms. The Kier molecular flexibility index (Phi) is 7.24. The Hall–Kier alpha value is -2.68. The van der Waals surface area contributed by atoms with Gasteiger partial charge < -0.3 is 9.83 Å². The summed E-state index contributed by atoms with van der Waals surface area (Å²) in [6, 6.07) is 12.5. The minimum atomic E-state index is -0.822. The molecule has 3 aromatic rings. The number of rotatable bonds is 5. The Morgan fingerprint density at radius 1 is 1.22 bits per heavy atom. The van der Waals surface area contributed by atoms with E-state index in [2.05, 4.69) is 65.2 Å². The molecule has 3 heterocycles. The molecule has 0 radical (unpaired) electrons. The minimum absolute atomic E-state index is 0.347. The van der Waals surface area contributed by atoms with E-state index in [1.807, 2.05) is 16.6 Å². The second kappa shape index (κ2) is 10.3. The molecule has 1 fully saturated rings. The smallest absolute Gasteiger partial charge is 0.121 e. The Morgan fingerprint density at radius 3 is 2.81 bits per heavy atom. The molecule has 8 heteroatoms. The van der Waals surface area contributed by atoms with Gasteiger partial charge in [0.1, 0.15) is 11.0 Å². The lowest BCUT2D eigenvalue weighted by atomic mass is 10.0. The second-order valence-electron chi connectivity index (χ2n) is 7.40. The molecule has 6 nitrogen and oxygen atoms in total. The van der Waals surface area contributed by atoms with Crippen LogP contribution in [0.3, 0.4) is 0 Å². The maximum Gasteiger partial charge on any atom is 0.121 e. The molecule has 0 spiro atoms. The van der Waals surface area contributed by atoms with Gasteiger partial charge in [-0.1, -0.05) is 18.2 Å². The highest BCUT2D eigenvalue weighted by molar-refractivity contribution is 8.01. The number of nitrogens with zero attached hydrogens (tertiary/aromatic N) is 3. The highest BCUT2D eigenvalue weighted by atomic mass is 32.2. The summed E-state index contributed by atoms with van der Waals surface area (Å²) in [6.07, 6.45) is 11.0. The van der Waals surface area contributed by atoms with Crippen LogP contribution in [0.15, 0.2) is 72.7 Å². The van der Waals surface area contributed by atoms with Crippen molar-refractivity contribution in [1.82, 2.24) is 14.3 Å². The molecule has 2 N–H and O–H groups in total. The normalized spacial score (nSPS) is 19.6. The highest BCUT2D eigenvalue weighted by Crippen LogP contribution is 2.31. The van der Waals surface area contributed by atoms with Crippen LogP contribution in [0.2, 0.25) is 0 Å². The summed E-state index contributed by atoms with van der Waals surface area (Å²) < 4.78 is 17.2. The van der Waals surface area contributed by atoms with Gasteiger partial charge in [0.25, 0.3) is 0 Å². The van der Waals surface area contributed by atoms with Crippen LogP contribution in [0.4, 0.5) is 5.69 Å². The molecule has 1 saturated heterocycles. The Balaban J connectivity index is 0.00000119. The fraction of sp³-hybridized carbons (Fsp3) is 0.250. The van der Waals surface area contributed by atoms with Gasteiger partial charge in [-0.25, -0.2) is 9.19 Å². The fourth-order valence-electron chi connectivity index (χ4n) is 3.59. The molecule has 2 aliphatic rings. The van der Waals surface area contributed by atoms with Gasteiger partial charge in [0, 0.05) is 53.6 Å². The number of nitrogens with one attached hydrogen (secondary N) is 1. The molecule has 0 amide bonds. The van der Waals surface area contributed by atoms with E-state index in [4.69, 9.17) is 10.1 Å². The molecule has 1 aliphatic carbocycles. The summed E-state index contributed by atoms with van der Waals surface area (Å²) in [4.78, 5) is 8.98. The molecule has 0 saturated carbocycles. The van der Waals surface area contributed by atoms with Crippen LogP contribution in [0.25, 0.3) is 22.2 Å². The van der Waals surface area contributed by atoms with Gasteiger partial charge in [0.15, 0.2) is 0 Å². The number of aliphatic hydroxyl groups excluding tert-OH is 1. The zero-order valence-electron chi connectivity index (χ0n) is 18.1. The van der Waals surface area contributed by atoms with Crippen molar-refractivity contribution in [3.05, 3.63) is 78.3 Å². The number of aromatic nitrogens is 2. The molecule has 1 aromatic carbocycles. The van der Waals surface area contributed by atoms with E-state index < -0.39 is 11.0 Å². The van der Waals surface area contributed by atoms with Gasteiger partial charge in [-0.2, -0.15) is 0 Å². The average molecular weight is 467 g/mol. The monoisotopic (exact) mass is 466 g/mol. The summed E-state index contributed by atoms with van der Waals surface area (Å²) in [5.41, 5.74) is 6.39. The maximum absolute atomic E-state index is 11.7. The first-order valence-corrected chi connectivity index (χ1v) is 12.6. The van der Waals surface area contributed by atoms with Crippen LogP contribution in [-0.4, -0.2) is 48.2 Å². The molecule has 2 unspecified atom stereocenters. The number of aryl methyl sites for hydroxylation is 1. The van der Waals surface area contributed by atoms with Gasteiger partial charge >= 0.3 is 0 Å². The number of allylic oxidation sites excluding steroid dienone is 2. The summed E-state index contributed by atoms with van der Waals surface area (Å²) >= 11 is 1.70. The maximum atomic E-state index is 11.7. The van der Waals surface area contributed by atoms with Gasteiger partial charge in [0.05, 0.1) is 17.0 Å².